The second-order valence-corrected chi connectivity index (χ2v) is 5.49. The van der Waals surface area contributed by atoms with Crippen LogP contribution in [0.2, 0.25) is 5.02 Å². The number of hydrogen-bond acceptors (Lipinski definition) is 5. The van der Waals surface area contributed by atoms with Crippen LogP contribution in [0.5, 0.6) is 0 Å². The van der Waals surface area contributed by atoms with E-state index in [1.807, 2.05) is 28.8 Å². The van der Waals surface area contributed by atoms with E-state index in [0.717, 1.165) is 5.65 Å². The maximum atomic E-state index is 11.9. The van der Waals surface area contributed by atoms with E-state index in [0.29, 0.717) is 16.0 Å². The molecule has 0 aliphatic rings. The summed E-state index contributed by atoms with van der Waals surface area (Å²) in [6.45, 7) is 0. The van der Waals surface area contributed by atoms with E-state index in [2.05, 4.69) is 20.5 Å². The fourth-order valence-electron chi connectivity index (χ4n) is 1.68. The number of hydrogen-bond donors (Lipinski definition) is 1. The zero-order valence-corrected chi connectivity index (χ0v) is 12.3. The summed E-state index contributed by atoms with van der Waals surface area (Å²) in [7, 11) is 0. The highest BCUT2D eigenvalue weighted by molar-refractivity contribution is 7.99. The number of carbonyl (C=O) groups excluding carboxylic acids is 1. The third-order valence-electron chi connectivity index (χ3n) is 2.61. The molecule has 0 aliphatic carbocycles. The van der Waals surface area contributed by atoms with Gasteiger partial charge in [0.05, 0.1) is 10.8 Å². The van der Waals surface area contributed by atoms with Gasteiger partial charge in [-0.1, -0.05) is 29.4 Å². The Morgan fingerprint density at radius 1 is 1.29 bits per heavy atom. The third-order valence-corrected chi connectivity index (χ3v) is 3.78. The first-order valence-electron chi connectivity index (χ1n) is 6.06. The maximum Gasteiger partial charge on any atom is 0.236 e. The number of rotatable bonds is 4. The van der Waals surface area contributed by atoms with Crippen molar-refractivity contribution >= 4 is 40.7 Å². The van der Waals surface area contributed by atoms with Gasteiger partial charge in [-0.05, 0) is 24.3 Å². The van der Waals surface area contributed by atoms with Gasteiger partial charge in [0, 0.05) is 12.4 Å². The molecule has 3 aromatic heterocycles. The molecule has 21 heavy (non-hydrogen) atoms. The van der Waals surface area contributed by atoms with Crippen LogP contribution >= 0.6 is 23.4 Å². The summed E-state index contributed by atoms with van der Waals surface area (Å²) < 4.78 is 1.83. The first kappa shape index (κ1) is 13.8. The van der Waals surface area contributed by atoms with Gasteiger partial charge in [0.2, 0.25) is 5.91 Å². The molecule has 1 amide bonds. The lowest BCUT2D eigenvalue weighted by atomic mass is 10.4. The van der Waals surface area contributed by atoms with Crippen molar-refractivity contribution in [2.24, 2.45) is 0 Å². The molecule has 6 nitrogen and oxygen atoms in total. The van der Waals surface area contributed by atoms with Crippen molar-refractivity contribution in [2.45, 2.75) is 5.16 Å². The minimum atomic E-state index is -0.164. The lowest BCUT2D eigenvalue weighted by molar-refractivity contribution is -0.113. The van der Waals surface area contributed by atoms with Crippen molar-refractivity contribution < 1.29 is 4.79 Å². The average molecular weight is 320 g/mol. The zero-order chi connectivity index (χ0) is 14.7. The summed E-state index contributed by atoms with van der Waals surface area (Å²) in [4.78, 5) is 15.9. The Morgan fingerprint density at radius 2 is 2.19 bits per heavy atom. The number of aromatic nitrogens is 4. The van der Waals surface area contributed by atoms with Gasteiger partial charge in [-0.3, -0.25) is 9.20 Å². The summed E-state index contributed by atoms with van der Waals surface area (Å²) in [5.74, 6) is 0.526. The zero-order valence-electron chi connectivity index (χ0n) is 10.7. The molecule has 8 heteroatoms. The number of halogens is 1. The van der Waals surface area contributed by atoms with E-state index in [9.17, 15) is 4.79 Å². The molecule has 3 rings (SSSR count). The van der Waals surface area contributed by atoms with E-state index in [-0.39, 0.29) is 11.7 Å². The number of thioether (sulfide) groups is 1. The first-order chi connectivity index (χ1) is 10.2. The van der Waals surface area contributed by atoms with E-state index >= 15 is 0 Å². The molecule has 1 N–H and O–H groups in total. The van der Waals surface area contributed by atoms with Crippen LogP contribution in [0, 0.1) is 0 Å². The largest absolute Gasteiger partial charge is 0.310 e. The topological polar surface area (TPSA) is 72.2 Å². The standard InChI is InChI=1S/C13H10ClN5OS/c14-9-4-5-10(15-7-9)16-12(20)8-21-13-18-17-11-3-1-2-6-19(11)13/h1-7H,8H2,(H,15,16,20). The molecular formula is C13H10ClN5OS. The van der Waals surface area contributed by atoms with E-state index in [1.54, 1.807) is 12.1 Å². The lowest BCUT2D eigenvalue weighted by Crippen LogP contribution is -2.15. The van der Waals surface area contributed by atoms with Crippen LogP contribution in [0.4, 0.5) is 5.82 Å². The molecule has 0 aromatic carbocycles. The number of pyridine rings is 2. The molecule has 0 spiro atoms. The summed E-state index contributed by atoms with van der Waals surface area (Å²) in [5, 5.41) is 12.0. The van der Waals surface area contributed by atoms with Crippen molar-refractivity contribution in [2.75, 3.05) is 11.1 Å². The van der Waals surface area contributed by atoms with Crippen LogP contribution in [0.1, 0.15) is 0 Å². The summed E-state index contributed by atoms with van der Waals surface area (Å²) >= 11 is 7.05. The number of fused-ring (bicyclic) bond motifs is 1. The van der Waals surface area contributed by atoms with E-state index in [4.69, 9.17) is 11.6 Å². The summed E-state index contributed by atoms with van der Waals surface area (Å²) in [6, 6.07) is 8.95. The summed E-state index contributed by atoms with van der Waals surface area (Å²) in [5.41, 5.74) is 0.750. The van der Waals surface area contributed by atoms with E-state index in [1.165, 1.54) is 18.0 Å². The Balaban J connectivity index is 1.62. The Labute approximate surface area is 129 Å². The van der Waals surface area contributed by atoms with Crippen molar-refractivity contribution in [3.63, 3.8) is 0 Å². The Morgan fingerprint density at radius 3 is 3.00 bits per heavy atom. The number of anilines is 1. The van der Waals surface area contributed by atoms with Gasteiger partial charge < -0.3 is 5.32 Å². The molecule has 0 atom stereocenters. The molecular weight excluding hydrogens is 310 g/mol. The SMILES string of the molecule is O=C(CSc1nnc2ccccn12)Nc1ccc(Cl)cn1. The first-order valence-corrected chi connectivity index (χ1v) is 7.43. The van der Waals surface area contributed by atoms with Crippen molar-refractivity contribution in [1.82, 2.24) is 19.6 Å². The smallest absolute Gasteiger partial charge is 0.236 e. The van der Waals surface area contributed by atoms with Crippen molar-refractivity contribution in [3.05, 3.63) is 47.7 Å². The maximum absolute atomic E-state index is 11.9. The Hall–Kier alpha value is -2.12. The van der Waals surface area contributed by atoms with Crippen LogP contribution in [-0.2, 0) is 4.79 Å². The van der Waals surface area contributed by atoms with Crippen LogP contribution in [0.25, 0.3) is 5.65 Å². The molecule has 0 saturated carbocycles. The molecule has 0 aliphatic heterocycles. The van der Waals surface area contributed by atoms with Crippen molar-refractivity contribution in [1.29, 1.82) is 0 Å². The highest BCUT2D eigenvalue weighted by atomic mass is 35.5. The predicted octanol–water partition coefficient (Wildman–Crippen LogP) is 2.51. The molecule has 3 aromatic rings. The van der Waals surface area contributed by atoms with Crippen LogP contribution < -0.4 is 5.32 Å². The average Bonchev–Trinajstić information content (AvgIpc) is 2.91. The second-order valence-electron chi connectivity index (χ2n) is 4.11. The molecule has 0 bridgehead atoms. The Bertz CT molecular complexity index is 774. The van der Waals surface area contributed by atoms with Crippen LogP contribution in [0.15, 0.2) is 47.9 Å². The quantitative estimate of drug-likeness (QED) is 0.748. The van der Waals surface area contributed by atoms with Crippen molar-refractivity contribution in [3.8, 4) is 0 Å². The molecule has 0 radical (unpaired) electrons. The number of nitrogens with one attached hydrogen (secondary N) is 1. The lowest BCUT2D eigenvalue weighted by Gasteiger charge is -2.03. The van der Waals surface area contributed by atoms with E-state index < -0.39 is 0 Å². The Kier molecular flexibility index (Phi) is 4.03. The van der Waals surface area contributed by atoms with Gasteiger partial charge in [0.15, 0.2) is 10.8 Å². The van der Waals surface area contributed by atoms with Gasteiger partial charge in [0.1, 0.15) is 5.82 Å². The molecule has 0 fully saturated rings. The fourth-order valence-corrected chi connectivity index (χ4v) is 2.51. The monoisotopic (exact) mass is 319 g/mol. The van der Waals surface area contributed by atoms with Gasteiger partial charge in [-0.2, -0.15) is 0 Å². The van der Waals surface area contributed by atoms with Gasteiger partial charge in [-0.25, -0.2) is 4.98 Å². The summed E-state index contributed by atoms with van der Waals surface area (Å²) in [6.07, 6.45) is 3.34. The number of nitrogens with zero attached hydrogens (tertiary/aromatic N) is 4. The third kappa shape index (κ3) is 3.32. The normalized spacial score (nSPS) is 10.7. The highest BCUT2D eigenvalue weighted by Crippen LogP contribution is 2.17. The molecule has 3 heterocycles. The van der Waals surface area contributed by atoms with Gasteiger partial charge in [-0.15, -0.1) is 10.2 Å². The van der Waals surface area contributed by atoms with Gasteiger partial charge in [0.25, 0.3) is 0 Å². The second kappa shape index (κ2) is 6.11. The predicted molar refractivity (Wildman–Crippen MR) is 81.6 cm³/mol. The van der Waals surface area contributed by atoms with Crippen LogP contribution in [-0.4, -0.2) is 31.2 Å². The minimum absolute atomic E-state index is 0.164. The molecule has 106 valence electrons. The number of amides is 1. The number of carbonyl (C=O) groups is 1. The van der Waals surface area contributed by atoms with Crippen LogP contribution in [0.3, 0.4) is 0 Å². The highest BCUT2D eigenvalue weighted by Gasteiger charge is 2.09. The van der Waals surface area contributed by atoms with Gasteiger partial charge >= 0.3 is 0 Å². The minimum Gasteiger partial charge on any atom is -0.310 e. The molecule has 0 saturated heterocycles. The fraction of sp³-hybridized carbons (Fsp3) is 0.0769. The molecule has 0 unspecified atom stereocenters.